The van der Waals surface area contributed by atoms with Crippen molar-refractivity contribution in [1.82, 2.24) is 5.32 Å². The molecule has 3 atom stereocenters. The Kier molecular flexibility index (Phi) is 8.58. The number of benzodiazepines with no additional fused rings is 1. The predicted octanol–water partition coefficient (Wildman–Crippen LogP) is 3.67. The number of carbonyl (C=O) groups is 3. The smallest absolute Gasteiger partial charge is 0.272 e. The number of hydrogen-bond donors (Lipinski definition) is 2. The fourth-order valence-corrected chi connectivity index (χ4v) is 4.54. The highest BCUT2D eigenvalue weighted by atomic mass is 16.2. The van der Waals surface area contributed by atoms with Gasteiger partial charge in [-0.2, -0.15) is 0 Å². The second-order valence-electron chi connectivity index (χ2n) is 9.12. The molecule has 3 N–H and O–H groups in total. The van der Waals surface area contributed by atoms with E-state index in [-0.39, 0.29) is 18.2 Å². The summed E-state index contributed by atoms with van der Waals surface area (Å²) in [5, 5.41) is 2.85. The summed E-state index contributed by atoms with van der Waals surface area (Å²) in [6, 6.07) is 17.2. The summed E-state index contributed by atoms with van der Waals surface area (Å²) < 4.78 is 0. The van der Waals surface area contributed by atoms with Crippen LogP contribution in [0.5, 0.6) is 0 Å². The molecule has 35 heavy (non-hydrogen) atoms. The number of primary amides is 1. The van der Waals surface area contributed by atoms with Crippen LogP contribution in [0.2, 0.25) is 0 Å². The number of benzene rings is 2. The van der Waals surface area contributed by atoms with Crippen LogP contribution in [0.25, 0.3) is 0 Å². The SMILES string of the molecule is C=CC[C@H](C(N)=O)[C@H](CC(C)C)C(=O)N[C@H]1N=C(c2ccccc2)c2ccccc2N(CC)C1=O. The first-order valence-corrected chi connectivity index (χ1v) is 12.0. The Labute approximate surface area is 207 Å². The Bertz CT molecular complexity index is 1110. The molecule has 1 heterocycles. The van der Waals surface area contributed by atoms with E-state index < -0.39 is 29.8 Å². The summed E-state index contributed by atoms with van der Waals surface area (Å²) in [4.78, 5) is 45.8. The van der Waals surface area contributed by atoms with Crippen molar-refractivity contribution in [3.63, 3.8) is 0 Å². The molecule has 0 unspecified atom stereocenters. The minimum absolute atomic E-state index is 0.141. The zero-order chi connectivity index (χ0) is 25.5. The van der Waals surface area contributed by atoms with Crippen molar-refractivity contribution in [3.8, 4) is 0 Å². The van der Waals surface area contributed by atoms with Gasteiger partial charge in [-0.15, -0.1) is 6.58 Å². The minimum Gasteiger partial charge on any atom is -0.369 e. The molecule has 2 aromatic rings. The van der Waals surface area contributed by atoms with E-state index >= 15 is 0 Å². The van der Waals surface area contributed by atoms with Gasteiger partial charge in [0, 0.05) is 17.7 Å². The summed E-state index contributed by atoms with van der Waals surface area (Å²) in [6.07, 6.45) is 1.18. The van der Waals surface area contributed by atoms with Gasteiger partial charge in [-0.25, -0.2) is 4.99 Å². The first kappa shape index (κ1) is 25.9. The normalized spacial score (nSPS) is 17.1. The highest BCUT2D eigenvalue weighted by molar-refractivity contribution is 6.20. The molecule has 7 nitrogen and oxygen atoms in total. The molecule has 2 aromatic carbocycles. The topological polar surface area (TPSA) is 105 Å². The van der Waals surface area contributed by atoms with Crippen LogP contribution in [-0.2, 0) is 14.4 Å². The number of nitrogens with two attached hydrogens (primary N) is 1. The number of para-hydroxylation sites is 1. The third-order valence-corrected chi connectivity index (χ3v) is 6.18. The van der Waals surface area contributed by atoms with Gasteiger partial charge >= 0.3 is 0 Å². The molecule has 3 amide bonds. The van der Waals surface area contributed by atoms with E-state index in [1.165, 1.54) is 0 Å². The average Bonchev–Trinajstić information content (AvgIpc) is 2.95. The molecule has 0 saturated carbocycles. The molecular formula is C28H34N4O3. The number of likely N-dealkylation sites (N-methyl/N-ethyl adjacent to an activating group) is 1. The first-order valence-electron chi connectivity index (χ1n) is 12.0. The molecule has 0 bridgehead atoms. The molecule has 0 aliphatic carbocycles. The lowest BCUT2D eigenvalue weighted by atomic mass is 9.82. The summed E-state index contributed by atoms with van der Waals surface area (Å²) in [5.74, 6) is -2.58. The molecule has 0 saturated heterocycles. The highest BCUT2D eigenvalue weighted by Gasteiger charge is 2.37. The van der Waals surface area contributed by atoms with Gasteiger partial charge in [0.25, 0.3) is 5.91 Å². The Morgan fingerprint density at radius 1 is 1.11 bits per heavy atom. The Balaban J connectivity index is 2.06. The maximum Gasteiger partial charge on any atom is 0.272 e. The van der Waals surface area contributed by atoms with Crippen molar-refractivity contribution in [2.24, 2.45) is 28.5 Å². The lowest BCUT2D eigenvalue weighted by Gasteiger charge is -2.28. The predicted molar refractivity (Wildman–Crippen MR) is 139 cm³/mol. The van der Waals surface area contributed by atoms with Crippen molar-refractivity contribution < 1.29 is 14.4 Å². The van der Waals surface area contributed by atoms with Crippen molar-refractivity contribution in [2.45, 2.75) is 39.8 Å². The van der Waals surface area contributed by atoms with Crippen LogP contribution < -0.4 is 16.0 Å². The van der Waals surface area contributed by atoms with E-state index in [9.17, 15) is 14.4 Å². The number of amides is 3. The van der Waals surface area contributed by atoms with Gasteiger partial charge in [-0.3, -0.25) is 14.4 Å². The number of carbonyl (C=O) groups excluding carboxylic acids is 3. The van der Waals surface area contributed by atoms with Crippen molar-refractivity contribution in [1.29, 1.82) is 0 Å². The quantitative estimate of drug-likeness (QED) is 0.513. The molecule has 0 spiro atoms. The second-order valence-corrected chi connectivity index (χ2v) is 9.12. The first-order chi connectivity index (χ1) is 16.8. The number of rotatable bonds is 10. The van der Waals surface area contributed by atoms with Crippen LogP contribution >= 0.6 is 0 Å². The van der Waals surface area contributed by atoms with Crippen LogP contribution in [0.15, 0.2) is 72.2 Å². The third kappa shape index (κ3) is 5.85. The lowest BCUT2D eigenvalue weighted by molar-refractivity contribution is -0.135. The zero-order valence-electron chi connectivity index (χ0n) is 20.6. The van der Waals surface area contributed by atoms with Crippen LogP contribution in [0, 0.1) is 17.8 Å². The standard InChI is InChI=1S/C28H34N4O3/c1-5-12-20(25(29)33)22(17-18(3)4)27(34)31-26-28(35)32(6-2)23-16-11-10-15-21(23)24(30-26)19-13-8-7-9-14-19/h5,7-11,13-16,18,20,22,26H,1,6,12,17H2,2-4H3,(H2,29,33)(H,31,34)/t20-,22-,26+/m0/s1. The van der Waals surface area contributed by atoms with Crippen LogP contribution in [0.4, 0.5) is 5.69 Å². The molecule has 0 radical (unpaired) electrons. The van der Waals surface area contributed by atoms with Crippen molar-refractivity contribution in [3.05, 3.63) is 78.4 Å². The number of nitrogens with zero attached hydrogens (tertiary/aromatic N) is 2. The molecule has 3 rings (SSSR count). The van der Waals surface area contributed by atoms with Gasteiger partial charge in [-0.1, -0.05) is 68.5 Å². The van der Waals surface area contributed by atoms with E-state index in [1.54, 1.807) is 11.0 Å². The molecular weight excluding hydrogens is 440 g/mol. The minimum atomic E-state index is -1.14. The number of allylic oxidation sites excluding steroid dienone is 1. The summed E-state index contributed by atoms with van der Waals surface area (Å²) in [5.41, 5.74) is 8.66. The molecule has 0 fully saturated rings. The van der Waals surface area contributed by atoms with Crippen molar-refractivity contribution >= 4 is 29.1 Å². The summed E-state index contributed by atoms with van der Waals surface area (Å²) in [7, 11) is 0. The molecule has 0 aromatic heterocycles. The number of fused-ring (bicyclic) bond motifs is 1. The van der Waals surface area contributed by atoms with Gasteiger partial charge in [0.05, 0.1) is 23.2 Å². The number of hydrogen-bond acceptors (Lipinski definition) is 4. The fourth-order valence-electron chi connectivity index (χ4n) is 4.54. The van der Waals surface area contributed by atoms with Crippen LogP contribution in [0.3, 0.4) is 0 Å². The summed E-state index contributed by atoms with van der Waals surface area (Å²) >= 11 is 0. The highest BCUT2D eigenvalue weighted by Crippen LogP contribution is 2.29. The van der Waals surface area contributed by atoms with Gasteiger partial charge in [0.15, 0.2) is 0 Å². The van der Waals surface area contributed by atoms with E-state index in [4.69, 9.17) is 10.7 Å². The van der Waals surface area contributed by atoms with Gasteiger partial charge in [0.1, 0.15) is 0 Å². The number of nitrogens with one attached hydrogen (secondary N) is 1. The van der Waals surface area contributed by atoms with Gasteiger partial charge in [0.2, 0.25) is 18.0 Å². The van der Waals surface area contributed by atoms with E-state index in [2.05, 4.69) is 11.9 Å². The van der Waals surface area contributed by atoms with E-state index in [0.29, 0.717) is 18.7 Å². The molecule has 184 valence electrons. The molecule has 1 aliphatic heterocycles. The van der Waals surface area contributed by atoms with Gasteiger partial charge in [-0.05, 0) is 31.7 Å². The Morgan fingerprint density at radius 2 is 1.77 bits per heavy atom. The van der Waals surface area contributed by atoms with Crippen molar-refractivity contribution in [2.75, 3.05) is 11.4 Å². The number of aliphatic imine (C=N–C) groups is 1. The maximum absolute atomic E-state index is 13.6. The zero-order valence-corrected chi connectivity index (χ0v) is 20.6. The fraction of sp³-hybridized carbons (Fsp3) is 0.357. The van der Waals surface area contributed by atoms with Gasteiger partial charge < -0.3 is 16.0 Å². The van der Waals surface area contributed by atoms with E-state index in [1.807, 2.05) is 75.4 Å². The second kappa shape index (κ2) is 11.6. The largest absolute Gasteiger partial charge is 0.369 e. The third-order valence-electron chi connectivity index (χ3n) is 6.18. The van der Waals surface area contributed by atoms with E-state index in [0.717, 1.165) is 16.8 Å². The summed E-state index contributed by atoms with van der Waals surface area (Å²) in [6.45, 7) is 9.96. The maximum atomic E-state index is 13.6. The Morgan fingerprint density at radius 3 is 2.37 bits per heavy atom. The van der Waals surface area contributed by atoms with Crippen LogP contribution in [-0.4, -0.2) is 36.1 Å². The van der Waals surface area contributed by atoms with Crippen LogP contribution in [0.1, 0.15) is 44.7 Å². The molecule has 1 aliphatic rings. The molecule has 7 heteroatoms. The lowest BCUT2D eigenvalue weighted by Crippen LogP contribution is -2.50. The average molecular weight is 475 g/mol. The monoisotopic (exact) mass is 474 g/mol. The number of anilines is 1. The Hall–Kier alpha value is -3.74.